The zero-order valence-corrected chi connectivity index (χ0v) is 9.41. The maximum atomic E-state index is 13.2. The van der Waals surface area contributed by atoms with Gasteiger partial charge in [-0.2, -0.15) is 0 Å². The van der Waals surface area contributed by atoms with Crippen molar-refractivity contribution in [2.75, 3.05) is 0 Å². The SMILES string of the molecule is O=Cc1ccc(-c2cc(F)cc(Cl)c2)cc1O. The Hall–Kier alpha value is -1.87. The molecule has 17 heavy (non-hydrogen) atoms. The Bertz CT molecular complexity index is 561. The molecule has 0 aromatic heterocycles. The third-order valence-electron chi connectivity index (χ3n) is 2.35. The molecule has 0 aliphatic rings. The minimum absolute atomic E-state index is 0.141. The number of rotatable bonds is 2. The van der Waals surface area contributed by atoms with Gasteiger partial charge >= 0.3 is 0 Å². The number of aldehydes is 1. The minimum atomic E-state index is -0.452. The minimum Gasteiger partial charge on any atom is -0.507 e. The van der Waals surface area contributed by atoms with Gasteiger partial charge in [0.1, 0.15) is 11.6 Å². The summed E-state index contributed by atoms with van der Waals surface area (Å²) in [6.45, 7) is 0. The van der Waals surface area contributed by atoms with Crippen LogP contribution in [0.2, 0.25) is 5.02 Å². The molecule has 0 unspecified atom stereocenters. The molecule has 0 amide bonds. The van der Waals surface area contributed by atoms with Crippen molar-refractivity contribution in [3.63, 3.8) is 0 Å². The molecule has 2 rings (SSSR count). The molecule has 4 heteroatoms. The Labute approximate surface area is 102 Å². The molecule has 2 nitrogen and oxygen atoms in total. The van der Waals surface area contributed by atoms with E-state index in [2.05, 4.69) is 0 Å². The molecule has 0 saturated heterocycles. The number of carbonyl (C=O) groups is 1. The van der Waals surface area contributed by atoms with Crippen molar-refractivity contribution >= 4 is 17.9 Å². The maximum Gasteiger partial charge on any atom is 0.153 e. The van der Waals surface area contributed by atoms with Gasteiger partial charge in [0.15, 0.2) is 6.29 Å². The van der Waals surface area contributed by atoms with E-state index in [0.29, 0.717) is 17.4 Å². The summed E-state index contributed by atoms with van der Waals surface area (Å²) in [5, 5.41) is 9.81. The maximum absolute atomic E-state index is 13.2. The molecule has 1 N–H and O–H groups in total. The van der Waals surface area contributed by atoms with Crippen LogP contribution in [0.15, 0.2) is 36.4 Å². The van der Waals surface area contributed by atoms with Crippen LogP contribution in [0.25, 0.3) is 11.1 Å². The predicted molar refractivity (Wildman–Crippen MR) is 63.9 cm³/mol. The van der Waals surface area contributed by atoms with Gasteiger partial charge in [-0.25, -0.2) is 4.39 Å². The summed E-state index contributed by atoms with van der Waals surface area (Å²) in [4.78, 5) is 10.5. The summed E-state index contributed by atoms with van der Waals surface area (Å²) in [6.07, 6.45) is 0.553. The molecule has 0 saturated carbocycles. The number of aromatic hydroxyl groups is 1. The Kier molecular flexibility index (Phi) is 3.11. The van der Waals surface area contributed by atoms with Gasteiger partial charge in [0, 0.05) is 5.02 Å². The first-order valence-corrected chi connectivity index (χ1v) is 5.22. The van der Waals surface area contributed by atoms with Crippen LogP contribution in [-0.4, -0.2) is 11.4 Å². The number of hydrogen-bond donors (Lipinski definition) is 1. The van der Waals surface area contributed by atoms with Crippen molar-refractivity contribution in [2.24, 2.45) is 0 Å². The highest BCUT2D eigenvalue weighted by Crippen LogP contribution is 2.28. The first-order valence-electron chi connectivity index (χ1n) is 4.85. The standard InChI is InChI=1S/C13H8ClFO2/c14-11-3-10(4-12(15)6-11)8-1-2-9(7-16)13(17)5-8/h1-7,17H. The summed E-state index contributed by atoms with van der Waals surface area (Å²) in [7, 11) is 0. The van der Waals surface area contributed by atoms with Crippen molar-refractivity contribution in [3.05, 3.63) is 52.8 Å². The third kappa shape index (κ3) is 2.45. The molecule has 86 valence electrons. The monoisotopic (exact) mass is 250 g/mol. The van der Waals surface area contributed by atoms with Gasteiger partial charge in [0.2, 0.25) is 0 Å². The van der Waals surface area contributed by atoms with E-state index in [1.54, 1.807) is 12.1 Å². The number of halogens is 2. The molecular formula is C13H8ClFO2. The van der Waals surface area contributed by atoms with Crippen LogP contribution < -0.4 is 0 Å². The van der Waals surface area contributed by atoms with Gasteiger partial charge in [0.05, 0.1) is 5.56 Å². The molecule has 0 radical (unpaired) electrons. The number of hydrogen-bond acceptors (Lipinski definition) is 2. The van der Waals surface area contributed by atoms with E-state index in [4.69, 9.17) is 11.6 Å². The van der Waals surface area contributed by atoms with E-state index in [-0.39, 0.29) is 16.3 Å². The van der Waals surface area contributed by atoms with Crippen LogP contribution in [0.3, 0.4) is 0 Å². The second-order valence-corrected chi connectivity index (χ2v) is 3.99. The highest BCUT2D eigenvalue weighted by Gasteiger charge is 2.05. The lowest BCUT2D eigenvalue weighted by Gasteiger charge is -2.05. The topological polar surface area (TPSA) is 37.3 Å². The summed E-state index contributed by atoms with van der Waals surface area (Å²) >= 11 is 5.74. The number of phenolic OH excluding ortho intramolecular Hbond substituents is 1. The molecule has 2 aromatic carbocycles. The third-order valence-corrected chi connectivity index (χ3v) is 2.57. The second-order valence-electron chi connectivity index (χ2n) is 3.55. The zero-order valence-electron chi connectivity index (χ0n) is 8.65. The van der Waals surface area contributed by atoms with Crippen LogP contribution in [0.5, 0.6) is 5.75 Å². The van der Waals surface area contributed by atoms with Crippen LogP contribution in [0.4, 0.5) is 4.39 Å². The molecule has 0 aliphatic carbocycles. The smallest absolute Gasteiger partial charge is 0.153 e. The summed E-state index contributed by atoms with van der Waals surface area (Å²) in [5.41, 5.74) is 1.33. The van der Waals surface area contributed by atoms with E-state index in [9.17, 15) is 14.3 Å². The molecule has 0 heterocycles. The highest BCUT2D eigenvalue weighted by molar-refractivity contribution is 6.30. The molecule has 0 spiro atoms. The molecule has 0 aliphatic heterocycles. The van der Waals surface area contributed by atoms with Crippen molar-refractivity contribution in [1.29, 1.82) is 0 Å². The second kappa shape index (κ2) is 4.55. The van der Waals surface area contributed by atoms with Gasteiger partial charge in [-0.3, -0.25) is 4.79 Å². The van der Waals surface area contributed by atoms with Crippen LogP contribution >= 0.6 is 11.6 Å². The van der Waals surface area contributed by atoms with E-state index >= 15 is 0 Å². The van der Waals surface area contributed by atoms with E-state index in [1.165, 1.54) is 24.3 Å². The average Bonchev–Trinajstić information content (AvgIpc) is 2.27. The lowest BCUT2D eigenvalue weighted by molar-refractivity contribution is 0.112. The van der Waals surface area contributed by atoms with Gasteiger partial charge in [-0.15, -0.1) is 0 Å². The van der Waals surface area contributed by atoms with Crippen molar-refractivity contribution in [1.82, 2.24) is 0 Å². The Morgan fingerprint density at radius 1 is 1.12 bits per heavy atom. The van der Waals surface area contributed by atoms with Crippen LogP contribution in [-0.2, 0) is 0 Å². The van der Waals surface area contributed by atoms with Gasteiger partial charge in [-0.05, 0) is 41.5 Å². The summed E-state index contributed by atoms with van der Waals surface area (Å²) in [6, 6.07) is 8.58. The summed E-state index contributed by atoms with van der Waals surface area (Å²) in [5.74, 6) is -0.593. The lowest BCUT2D eigenvalue weighted by atomic mass is 10.0. The fraction of sp³-hybridized carbons (Fsp3) is 0. The molecule has 0 bridgehead atoms. The highest BCUT2D eigenvalue weighted by atomic mass is 35.5. The molecule has 2 aromatic rings. The number of benzene rings is 2. The van der Waals surface area contributed by atoms with Gasteiger partial charge in [-0.1, -0.05) is 17.7 Å². The number of carbonyl (C=O) groups excluding carboxylic acids is 1. The number of phenols is 1. The predicted octanol–water partition coefficient (Wildman–Crippen LogP) is 3.66. The van der Waals surface area contributed by atoms with Crippen molar-refractivity contribution < 1.29 is 14.3 Å². The van der Waals surface area contributed by atoms with Crippen LogP contribution in [0, 0.1) is 5.82 Å². The Balaban J connectivity index is 2.53. The van der Waals surface area contributed by atoms with Gasteiger partial charge < -0.3 is 5.11 Å². The first-order chi connectivity index (χ1) is 8.10. The quantitative estimate of drug-likeness (QED) is 0.826. The average molecular weight is 251 g/mol. The Morgan fingerprint density at radius 3 is 2.47 bits per heavy atom. The van der Waals surface area contributed by atoms with Crippen molar-refractivity contribution in [3.8, 4) is 16.9 Å². The normalized spacial score (nSPS) is 10.2. The van der Waals surface area contributed by atoms with E-state index < -0.39 is 5.82 Å². The lowest BCUT2D eigenvalue weighted by Crippen LogP contribution is -1.85. The largest absolute Gasteiger partial charge is 0.507 e. The first kappa shape index (κ1) is 11.6. The zero-order chi connectivity index (χ0) is 12.4. The van der Waals surface area contributed by atoms with E-state index in [1.807, 2.05) is 0 Å². The Morgan fingerprint density at radius 2 is 1.88 bits per heavy atom. The fourth-order valence-electron chi connectivity index (χ4n) is 1.54. The fourth-order valence-corrected chi connectivity index (χ4v) is 1.77. The van der Waals surface area contributed by atoms with Gasteiger partial charge in [0.25, 0.3) is 0 Å². The molecule has 0 fully saturated rings. The summed E-state index contributed by atoms with van der Waals surface area (Å²) < 4.78 is 13.2. The molecule has 0 atom stereocenters. The van der Waals surface area contributed by atoms with Crippen LogP contribution in [0.1, 0.15) is 10.4 Å². The van der Waals surface area contributed by atoms with Crippen molar-refractivity contribution in [2.45, 2.75) is 0 Å². The molecular weight excluding hydrogens is 243 g/mol. The van der Waals surface area contributed by atoms with E-state index in [0.717, 1.165) is 0 Å².